The Morgan fingerprint density at radius 2 is 2.20 bits per heavy atom. The molecular formula is C11H21N3O. The molecule has 4 heteroatoms. The third-order valence-electron chi connectivity index (χ3n) is 3.46. The van der Waals surface area contributed by atoms with Crippen LogP contribution in [0.15, 0.2) is 0 Å². The molecule has 4 nitrogen and oxygen atoms in total. The monoisotopic (exact) mass is 211 g/mol. The molecule has 2 aliphatic rings. The molecular weight excluding hydrogens is 190 g/mol. The Bertz CT molecular complexity index is 232. The van der Waals surface area contributed by atoms with Crippen molar-refractivity contribution < 1.29 is 4.79 Å². The molecule has 1 amide bonds. The second-order valence-corrected chi connectivity index (χ2v) is 4.75. The molecule has 0 saturated carbocycles. The highest BCUT2D eigenvalue weighted by molar-refractivity contribution is 5.76. The Kier molecular flexibility index (Phi) is 3.59. The Morgan fingerprint density at radius 3 is 3.00 bits per heavy atom. The van der Waals surface area contributed by atoms with Gasteiger partial charge in [0.1, 0.15) is 0 Å². The van der Waals surface area contributed by atoms with Crippen LogP contribution in [0.4, 0.5) is 0 Å². The fourth-order valence-electron chi connectivity index (χ4n) is 2.64. The molecule has 2 atom stereocenters. The normalized spacial score (nSPS) is 34.6. The number of nitrogens with zero attached hydrogens (tertiary/aromatic N) is 1. The van der Waals surface area contributed by atoms with Gasteiger partial charge in [0.15, 0.2) is 0 Å². The van der Waals surface area contributed by atoms with Crippen LogP contribution < -0.4 is 11.1 Å². The van der Waals surface area contributed by atoms with Gasteiger partial charge in [-0.1, -0.05) is 0 Å². The van der Waals surface area contributed by atoms with Crippen LogP contribution in [-0.4, -0.2) is 42.5 Å². The van der Waals surface area contributed by atoms with E-state index in [1.165, 1.54) is 6.42 Å². The van der Waals surface area contributed by atoms with Gasteiger partial charge in [-0.15, -0.1) is 0 Å². The first kappa shape index (κ1) is 10.9. The van der Waals surface area contributed by atoms with Crippen LogP contribution in [0.1, 0.15) is 32.1 Å². The molecule has 2 aliphatic heterocycles. The van der Waals surface area contributed by atoms with Crippen molar-refractivity contribution in [1.29, 1.82) is 0 Å². The van der Waals surface area contributed by atoms with Gasteiger partial charge < -0.3 is 11.1 Å². The highest BCUT2D eigenvalue weighted by Crippen LogP contribution is 2.18. The molecule has 1 unspecified atom stereocenters. The maximum absolute atomic E-state index is 11.4. The van der Waals surface area contributed by atoms with Gasteiger partial charge >= 0.3 is 0 Å². The van der Waals surface area contributed by atoms with Crippen molar-refractivity contribution >= 4 is 5.91 Å². The largest absolute Gasteiger partial charge is 0.356 e. The van der Waals surface area contributed by atoms with E-state index in [-0.39, 0.29) is 5.91 Å². The lowest BCUT2D eigenvalue weighted by atomic mass is 10.0. The first-order valence-electron chi connectivity index (χ1n) is 6.02. The molecule has 2 saturated heterocycles. The minimum atomic E-state index is 0.205. The summed E-state index contributed by atoms with van der Waals surface area (Å²) in [5, 5.41) is 2.93. The summed E-state index contributed by atoms with van der Waals surface area (Å²) >= 11 is 0. The van der Waals surface area contributed by atoms with Crippen LogP contribution in [-0.2, 0) is 4.79 Å². The van der Waals surface area contributed by atoms with Crippen molar-refractivity contribution in [2.45, 2.75) is 44.2 Å². The number of likely N-dealkylation sites (tertiary alicyclic amines) is 1. The molecule has 3 N–H and O–H groups in total. The number of rotatable bonds is 1. The number of hydrogen-bond donors (Lipinski definition) is 2. The zero-order valence-electron chi connectivity index (χ0n) is 9.24. The molecule has 0 aromatic carbocycles. The average Bonchev–Trinajstić information content (AvgIpc) is 2.43. The van der Waals surface area contributed by atoms with E-state index in [9.17, 15) is 4.79 Å². The van der Waals surface area contributed by atoms with Crippen LogP contribution in [0.25, 0.3) is 0 Å². The molecule has 2 heterocycles. The van der Waals surface area contributed by atoms with Crippen LogP contribution in [0.2, 0.25) is 0 Å². The van der Waals surface area contributed by atoms with Gasteiger partial charge in [-0.3, -0.25) is 9.69 Å². The van der Waals surface area contributed by atoms with E-state index in [1.807, 2.05) is 0 Å². The van der Waals surface area contributed by atoms with E-state index >= 15 is 0 Å². The van der Waals surface area contributed by atoms with E-state index in [2.05, 4.69) is 10.2 Å². The Balaban J connectivity index is 1.92. The maximum Gasteiger partial charge on any atom is 0.221 e. The minimum absolute atomic E-state index is 0.205. The number of carbonyl (C=O) groups excluding carboxylic acids is 1. The van der Waals surface area contributed by atoms with Crippen molar-refractivity contribution in [1.82, 2.24) is 10.2 Å². The fraction of sp³-hybridized carbons (Fsp3) is 0.909. The molecule has 0 aromatic rings. The van der Waals surface area contributed by atoms with Crippen molar-refractivity contribution in [2.24, 2.45) is 5.73 Å². The standard InChI is InChI=1S/C11H21N3O/c12-9-3-2-6-14(8-9)10-4-1-5-13-11(15)7-10/h9-10H,1-8,12H2,(H,13,15)/t9-,10?/m1/s1. The molecule has 15 heavy (non-hydrogen) atoms. The summed E-state index contributed by atoms with van der Waals surface area (Å²) in [5.41, 5.74) is 5.96. The van der Waals surface area contributed by atoms with Crippen LogP contribution in [0, 0.1) is 0 Å². The summed E-state index contributed by atoms with van der Waals surface area (Å²) in [6.07, 6.45) is 5.20. The number of hydrogen-bond acceptors (Lipinski definition) is 3. The molecule has 0 spiro atoms. The van der Waals surface area contributed by atoms with Crippen molar-refractivity contribution in [3.05, 3.63) is 0 Å². The molecule has 0 bridgehead atoms. The van der Waals surface area contributed by atoms with Crippen LogP contribution >= 0.6 is 0 Å². The Labute approximate surface area is 91.2 Å². The predicted octanol–water partition coefficient (Wildman–Crippen LogP) is 0.0782. The summed E-state index contributed by atoms with van der Waals surface area (Å²) < 4.78 is 0. The highest BCUT2D eigenvalue weighted by Gasteiger charge is 2.26. The molecule has 86 valence electrons. The lowest BCUT2D eigenvalue weighted by molar-refractivity contribution is -0.121. The van der Waals surface area contributed by atoms with Crippen LogP contribution in [0.5, 0.6) is 0 Å². The zero-order valence-corrected chi connectivity index (χ0v) is 9.24. The minimum Gasteiger partial charge on any atom is -0.356 e. The van der Waals surface area contributed by atoms with Gasteiger partial charge in [0.05, 0.1) is 0 Å². The summed E-state index contributed by atoms with van der Waals surface area (Å²) in [5.74, 6) is 0.205. The highest BCUT2D eigenvalue weighted by atomic mass is 16.1. The topological polar surface area (TPSA) is 58.4 Å². The molecule has 0 aliphatic carbocycles. The maximum atomic E-state index is 11.4. The van der Waals surface area contributed by atoms with Crippen molar-refractivity contribution in [3.8, 4) is 0 Å². The lowest BCUT2D eigenvalue weighted by Gasteiger charge is -2.36. The van der Waals surface area contributed by atoms with E-state index in [0.717, 1.165) is 38.9 Å². The van der Waals surface area contributed by atoms with E-state index < -0.39 is 0 Å². The zero-order chi connectivity index (χ0) is 10.7. The molecule has 2 fully saturated rings. The van der Waals surface area contributed by atoms with Crippen molar-refractivity contribution in [3.63, 3.8) is 0 Å². The average molecular weight is 211 g/mol. The number of piperidine rings is 1. The van der Waals surface area contributed by atoms with Gasteiger partial charge in [0.25, 0.3) is 0 Å². The molecule has 2 rings (SSSR count). The first-order valence-corrected chi connectivity index (χ1v) is 6.02. The summed E-state index contributed by atoms with van der Waals surface area (Å²) in [7, 11) is 0. The van der Waals surface area contributed by atoms with E-state index in [4.69, 9.17) is 5.73 Å². The second-order valence-electron chi connectivity index (χ2n) is 4.75. The van der Waals surface area contributed by atoms with Gasteiger partial charge in [0, 0.05) is 31.6 Å². The van der Waals surface area contributed by atoms with E-state index in [0.29, 0.717) is 18.5 Å². The molecule has 0 radical (unpaired) electrons. The summed E-state index contributed by atoms with van der Waals surface area (Å²) in [6, 6.07) is 0.740. The Hall–Kier alpha value is -0.610. The summed E-state index contributed by atoms with van der Waals surface area (Å²) in [6.45, 7) is 2.93. The van der Waals surface area contributed by atoms with Crippen LogP contribution in [0.3, 0.4) is 0 Å². The van der Waals surface area contributed by atoms with E-state index in [1.54, 1.807) is 0 Å². The molecule has 0 aromatic heterocycles. The number of amides is 1. The third-order valence-corrected chi connectivity index (χ3v) is 3.46. The number of nitrogens with two attached hydrogens (primary N) is 1. The lowest BCUT2D eigenvalue weighted by Crippen LogP contribution is -2.48. The fourth-order valence-corrected chi connectivity index (χ4v) is 2.64. The Morgan fingerprint density at radius 1 is 1.33 bits per heavy atom. The first-order chi connectivity index (χ1) is 7.25. The van der Waals surface area contributed by atoms with Gasteiger partial charge in [-0.2, -0.15) is 0 Å². The van der Waals surface area contributed by atoms with Gasteiger partial charge in [-0.05, 0) is 32.2 Å². The second kappa shape index (κ2) is 4.94. The van der Waals surface area contributed by atoms with Gasteiger partial charge in [0.2, 0.25) is 5.91 Å². The predicted molar refractivity (Wildman–Crippen MR) is 59.4 cm³/mol. The quantitative estimate of drug-likeness (QED) is 0.645. The third kappa shape index (κ3) is 2.92. The smallest absolute Gasteiger partial charge is 0.221 e. The number of carbonyl (C=O) groups is 1. The van der Waals surface area contributed by atoms with Gasteiger partial charge in [-0.25, -0.2) is 0 Å². The number of nitrogens with one attached hydrogen (secondary N) is 1. The summed E-state index contributed by atoms with van der Waals surface area (Å²) in [4.78, 5) is 13.9. The SMILES string of the molecule is N[C@@H]1CCCN(C2CCCNC(=O)C2)C1. The van der Waals surface area contributed by atoms with Crippen molar-refractivity contribution in [2.75, 3.05) is 19.6 Å².